The van der Waals surface area contributed by atoms with Crippen molar-refractivity contribution in [3.05, 3.63) is 29.4 Å². The van der Waals surface area contributed by atoms with Gasteiger partial charge in [0.1, 0.15) is 5.15 Å². The molecule has 0 aliphatic carbocycles. The maximum absolute atomic E-state index is 11.4. The Labute approximate surface area is 114 Å². The number of hydrogen-bond donors (Lipinski definition) is 3. The van der Waals surface area contributed by atoms with Crippen molar-refractivity contribution < 1.29 is 14.6 Å². The summed E-state index contributed by atoms with van der Waals surface area (Å²) in [6.07, 6.45) is -0.750. The molecule has 0 bridgehead atoms. The lowest BCUT2D eigenvalue weighted by molar-refractivity contribution is 0.197. The maximum Gasteiger partial charge on any atom is 0.414 e. The predicted molar refractivity (Wildman–Crippen MR) is 71.5 cm³/mol. The second-order valence-electron chi connectivity index (χ2n) is 3.71. The molecule has 2 rings (SSSR count). The highest BCUT2D eigenvalue weighted by molar-refractivity contribution is 6.34. The van der Waals surface area contributed by atoms with E-state index < -0.39 is 6.09 Å². The number of nitrogens with one attached hydrogen (secondary N) is 1. The molecule has 7 heteroatoms. The van der Waals surface area contributed by atoms with Gasteiger partial charge in [-0.2, -0.15) is 4.98 Å². The van der Waals surface area contributed by atoms with Gasteiger partial charge in [-0.05, 0) is 0 Å². The molecule has 1 aromatic heterocycles. The third-order valence-electron chi connectivity index (χ3n) is 2.41. The Balaban J connectivity index is 2.34. The zero-order valence-corrected chi connectivity index (χ0v) is 10.6. The zero-order chi connectivity index (χ0) is 13.8. The number of pyridine rings is 1. The van der Waals surface area contributed by atoms with Gasteiger partial charge in [-0.1, -0.05) is 35.9 Å². The normalized spacial score (nSPS) is 10.4. The van der Waals surface area contributed by atoms with E-state index in [2.05, 4.69) is 10.3 Å². The third kappa shape index (κ3) is 2.86. The second kappa shape index (κ2) is 5.73. The van der Waals surface area contributed by atoms with Crippen molar-refractivity contribution >= 4 is 28.5 Å². The van der Waals surface area contributed by atoms with Crippen LogP contribution in [-0.4, -0.2) is 29.3 Å². The molecule has 6 nitrogen and oxygen atoms in total. The van der Waals surface area contributed by atoms with Crippen LogP contribution >= 0.6 is 11.6 Å². The average molecular weight is 282 g/mol. The van der Waals surface area contributed by atoms with Gasteiger partial charge < -0.3 is 20.9 Å². The van der Waals surface area contributed by atoms with Gasteiger partial charge in [0.05, 0.1) is 0 Å². The van der Waals surface area contributed by atoms with Crippen molar-refractivity contribution in [2.45, 2.75) is 0 Å². The van der Waals surface area contributed by atoms with Crippen LogP contribution in [0.15, 0.2) is 24.3 Å². The number of halogens is 1. The van der Waals surface area contributed by atoms with Crippen molar-refractivity contribution in [1.82, 2.24) is 10.3 Å². The van der Waals surface area contributed by atoms with E-state index in [1.165, 1.54) is 0 Å². The molecule has 0 atom stereocenters. The molecule has 100 valence electrons. The van der Waals surface area contributed by atoms with Crippen molar-refractivity contribution in [3.63, 3.8) is 0 Å². The number of aromatic hydroxyl groups is 1. The Morgan fingerprint density at radius 2 is 2.11 bits per heavy atom. The first-order valence-electron chi connectivity index (χ1n) is 5.56. The Bertz CT molecular complexity index is 618. The summed E-state index contributed by atoms with van der Waals surface area (Å²) in [7, 11) is 0. The molecule has 0 saturated carbocycles. The highest BCUT2D eigenvalue weighted by Gasteiger charge is 2.15. The van der Waals surface area contributed by atoms with Gasteiger partial charge in [-0.25, -0.2) is 4.79 Å². The predicted octanol–water partition coefficient (Wildman–Crippen LogP) is 1.64. The smallest absolute Gasteiger partial charge is 0.414 e. The molecule has 0 aliphatic rings. The molecule has 19 heavy (non-hydrogen) atoms. The monoisotopic (exact) mass is 281 g/mol. The molecule has 0 spiro atoms. The van der Waals surface area contributed by atoms with Crippen LogP contribution in [0, 0.1) is 0 Å². The molecular formula is C12H12ClN3O3. The van der Waals surface area contributed by atoms with Crippen molar-refractivity contribution in [3.8, 4) is 11.6 Å². The number of nitrogens with zero attached hydrogens (tertiary/aromatic N) is 1. The minimum atomic E-state index is -0.750. The van der Waals surface area contributed by atoms with E-state index in [9.17, 15) is 9.90 Å². The minimum Gasteiger partial charge on any atom is -0.503 e. The fourth-order valence-corrected chi connectivity index (χ4v) is 1.80. The summed E-state index contributed by atoms with van der Waals surface area (Å²) < 4.78 is 4.89. The fourth-order valence-electron chi connectivity index (χ4n) is 1.56. The molecule has 0 radical (unpaired) electrons. The summed E-state index contributed by atoms with van der Waals surface area (Å²) in [5.74, 6) is -0.471. The number of rotatable bonds is 3. The summed E-state index contributed by atoms with van der Waals surface area (Å²) >= 11 is 5.97. The van der Waals surface area contributed by atoms with Gasteiger partial charge >= 0.3 is 6.09 Å². The van der Waals surface area contributed by atoms with Crippen LogP contribution in [0.4, 0.5) is 4.79 Å². The van der Waals surface area contributed by atoms with Gasteiger partial charge in [0, 0.05) is 23.9 Å². The summed E-state index contributed by atoms with van der Waals surface area (Å²) in [5.41, 5.74) is 5.24. The number of hydrogen-bond acceptors (Lipinski definition) is 5. The van der Waals surface area contributed by atoms with Crippen LogP contribution in [0.1, 0.15) is 0 Å². The SMILES string of the molecule is NCCNC(=O)Oc1nc(Cl)c2ccccc2c1O. The first kappa shape index (κ1) is 13.4. The average Bonchev–Trinajstić information content (AvgIpc) is 2.42. The molecule has 0 unspecified atom stereocenters. The molecule has 0 fully saturated rings. The largest absolute Gasteiger partial charge is 0.503 e. The van der Waals surface area contributed by atoms with Crippen LogP contribution < -0.4 is 15.8 Å². The van der Waals surface area contributed by atoms with Crippen LogP contribution in [0.3, 0.4) is 0 Å². The number of benzene rings is 1. The number of carbonyl (C=O) groups is 1. The maximum atomic E-state index is 11.4. The number of carbonyl (C=O) groups excluding carboxylic acids is 1. The number of nitrogens with two attached hydrogens (primary N) is 1. The van der Waals surface area contributed by atoms with Crippen LogP contribution in [-0.2, 0) is 0 Å². The molecule has 4 N–H and O–H groups in total. The van der Waals surface area contributed by atoms with E-state index in [-0.39, 0.29) is 29.9 Å². The number of amides is 1. The van der Waals surface area contributed by atoms with Gasteiger partial charge in [0.15, 0.2) is 5.75 Å². The second-order valence-corrected chi connectivity index (χ2v) is 4.06. The Hall–Kier alpha value is -2.05. The lowest BCUT2D eigenvalue weighted by atomic mass is 10.1. The van der Waals surface area contributed by atoms with E-state index >= 15 is 0 Å². The molecule has 0 saturated heterocycles. The lowest BCUT2D eigenvalue weighted by Gasteiger charge is -2.09. The molecule has 2 aromatic rings. The van der Waals surface area contributed by atoms with Crippen LogP contribution in [0.25, 0.3) is 10.8 Å². The summed E-state index contributed by atoms with van der Waals surface area (Å²) in [4.78, 5) is 15.2. The molecule has 0 aliphatic heterocycles. The van der Waals surface area contributed by atoms with Crippen molar-refractivity contribution in [2.24, 2.45) is 5.73 Å². The van der Waals surface area contributed by atoms with E-state index in [1.807, 2.05) is 0 Å². The van der Waals surface area contributed by atoms with Gasteiger partial charge in [-0.3, -0.25) is 0 Å². The zero-order valence-electron chi connectivity index (χ0n) is 9.89. The van der Waals surface area contributed by atoms with Gasteiger partial charge in [-0.15, -0.1) is 0 Å². The first-order valence-corrected chi connectivity index (χ1v) is 5.94. The van der Waals surface area contributed by atoms with Crippen molar-refractivity contribution in [1.29, 1.82) is 0 Å². The summed E-state index contributed by atoms with van der Waals surface area (Å²) in [6, 6.07) is 6.87. The van der Waals surface area contributed by atoms with Crippen LogP contribution in [0.2, 0.25) is 5.15 Å². The Kier molecular flexibility index (Phi) is 4.03. The van der Waals surface area contributed by atoms with Crippen molar-refractivity contribution in [2.75, 3.05) is 13.1 Å². The minimum absolute atomic E-state index is 0.148. The lowest BCUT2D eigenvalue weighted by Crippen LogP contribution is -2.31. The molecule has 1 aromatic carbocycles. The first-order chi connectivity index (χ1) is 9.13. The fraction of sp³-hybridized carbons (Fsp3) is 0.167. The van der Waals surface area contributed by atoms with E-state index in [1.54, 1.807) is 24.3 Å². The topological polar surface area (TPSA) is 97.5 Å². The molecular weight excluding hydrogens is 270 g/mol. The summed E-state index contributed by atoms with van der Waals surface area (Å²) in [6.45, 7) is 0.549. The van der Waals surface area contributed by atoms with Crippen LogP contribution in [0.5, 0.6) is 11.6 Å². The third-order valence-corrected chi connectivity index (χ3v) is 2.70. The quantitative estimate of drug-likeness (QED) is 0.743. The van der Waals surface area contributed by atoms with E-state index in [0.717, 1.165) is 0 Å². The van der Waals surface area contributed by atoms with Gasteiger partial charge in [0.25, 0.3) is 5.88 Å². The van der Waals surface area contributed by atoms with E-state index in [4.69, 9.17) is 22.1 Å². The van der Waals surface area contributed by atoms with Gasteiger partial charge in [0.2, 0.25) is 0 Å². The van der Waals surface area contributed by atoms with E-state index in [0.29, 0.717) is 10.8 Å². The number of ether oxygens (including phenoxy) is 1. The summed E-state index contributed by atoms with van der Waals surface area (Å²) in [5, 5.41) is 13.6. The Morgan fingerprint density at radius 1 is 1.42 bits per heavy atom. The number of aromatic nitrogens is 1. The Morgan fingerprint density at radius 3 is 2.79 bits per heavy atom. The molecule has 1 amide bonds. The highest BCUT2D eigenvalue weighted by Crippen LogP contribution is 2.36. The highest BCUT2D eigenvalue weighted by atomic mass is 35.5. The number of fused-ring (bicyclic) bond motifs is 1. The standard InChI is InChI=1S/C12H12ClN3O3/c13-10-8-4-2-1-3-7(8)9(17)11(16-10)19-12(18)15-6-5-14/h1-4,17H,5-6,14H2,(H,15,18). The molecule has 1 heterocycles.